The molecular formula is C16H24N2O. The zero-order valence-electron chi connectivity index (χ0n) is 12.0. The molecule has 1 amide bonds. The van der Waals surface area contributed by atoms with Crippen molar-refractivity contribution >= 4 is 11.6 Å². The first-order valence-corrected chi connectivity index (χ1v) is 6.84. The topological polar surface area (TPSA) is 46.3 Å². The van der Waals surface area contributed by atoms with Crippen molar-refractivity contribution in [3.05, 3.63) is 42.0 Å². The van der Waals surface area contributed by atoms with E-state index in [4.69, 9.17) is 0 Å². The first-order chi connectivity index (χ1) is 9.27. The van der Waals surface area contributed by atoms with E-state index in [0.717, 1.165) is 25.8 Å². The third-order valence-electron chi connectivity index (χ3n) is 3.22. The maximum Gasteiger partial charge on any atom is 0.227 e. The van der Waals surface area contributed by atoms with E-state index in [1.54, 1.807) is 6.08 Å². The van der Waals surface area contributed by atoms with E-state index in [9.17, 15) is 4.79 Å². The number of nitrogens with zero attached hydrogens (tertiary/aromatic N) is 1. The fourth-order valence-electron chi connectivity index (χ4n) is 2.55. The molecule has 0 unspecified atom stereocenters. The van der Waals surface area contributed by atoms with E-state index >= 15 is 0 Å². The van der Waals surface area contributed by atoms with Crippen LogP contribution in [0.5, 0.6) is 0 Å². The molecule has 2 aliphatic rings. The van der Waals surface area contributed by atoms with E-state index in [-0.39, 0.29) is 0 Å². The molecule has 0 saturated carbocycles. The van der Waals surface area contributed by atoms with E-state index in [0.29, 0.717) is 12.3 Å². The Labute approximate surface area is 116 Å². The molecular weight excluding hydrogens is 236 g/mol. The summed E-state index contributed by atoms with van der Waals surface area (Å²) < 4.78 is 0. The summed E-state index contributed by atoms with van der Waals surface area (Å²) in [5.74, 6) is 0.314. The van der Waals surface area contributed by atoms with Crippen LogP contribution in [0, 0.1) is 0 Å². The van der Waals surface area contributed by atoms with Gasteiger partial charge in [-0.2, -0.15) is 0 Å². The minimum atomic E-state index is 0.314. The number of rotatable bonds is 0. The highest BCUT2D eigenvalue weighted by Crippen LogP contribution is 2.35. The summed E-state index contributed by atoms with van der Waals surface area (Å²) in [6.45, 7) is 6.14. The molecule has 0 radical (unpaired) electrons. The molecule has 3 nitrogen and oxygen atoms in total. The maximum atomic E-state index is 11.8. The predicted molar refractivity (Wildman–Crippen MR) is 81.4 cm³/mol. The number of para-hydroxylation sites is 1. The van der Waals surface area contributed by atoms with Gasteiger partial charge in [-0.05, 0) is 44.4 Å². The van der Waals surface area contributed by atoms with Gasteiger partial charge in [0.15, 0.2) is 0 Å². The molecule has 104 valence electrons. The second-order valence-corrected chi connectivity index (χ2v) is 4.48. The minimum Gasteiger partial charge on any atom is -0.333 e. The van der Waals surface area contributed by atoms with Crippen molar-refractivity contribution in [2.24, 2.45) is 5.73 Å². The number of allylic oxidation sites excluding steroid dienone is 1. The lowest BCUT2D eigenvalue weighted by atomic mass is 10.0. The molecule has 2 aliphatic heterocycles. The summed E-state index contributed by atoms with van der Waals surface area (Å²) in [5.41, 5.74) is 8.46. The van der Waals surface area contributed by atoms with Crippen molar-refractivity contribution in [1.82, 2.24) is 0 Å². The number of hydrogen-bond donors (Lipinski definition) is 1. The number of anilines is 1. The Morgan fingerprint density at radius 1 is 1.21 bits per heavy atom. The lowest BCUT2D eigenvalue weighted by Crippen LogP contribution is -2.27. The van der Waals surface area contributed by atoms with Crippen molar-refractivity contribution < 1.29 is 4.79 Å². The van der Waals surface area contributed by atoms with Crippen LogP contribution in [0.15, 0.2) is 30.9 Å². The second-order valence-electron chi connectivity index (χ2n) is 4.48. The molecule has 1 aromatic rings. The molecule has 2 heterocycles. The Bertz CT molecular complexity index is 440. The standard InChI is InChI=1S/C12H13NO.C3H6.CH5N/c14-11-6-2-5-9-3-1-4-10-7-8-13(11)12(9)10;1-3-2;1-2/h1,3-4H,2,5-8H2;3H,1H2,2H3;2H2,1H3. The van der Waals surface area contributed by atoms with Crippen LogP contribution >= 0.6 is 0 Å². The fourth-order valence-corrected chi connectivity index (χ4v) is 2.55. The van der Waals surface area contributed by atoms with E-state index < -0.39 is 0 Å². The number of amides is 1. The largest absolute Gasteiger partial charge is 0.333 e. The number of nitrogens with two attached hydrogens (primary N) is 1. The first kappa shape index (κ1) is 15.4. The van der Waals surface area contributed by atoms with Crippen LogP contribution < -0.4 is 10.6 Å². The Morgan fingerprint density at radius 3 is 2.42 bits per heavy atom. The smallest absolute Gasteiger partial charge is 0.227 e. The van der Waals surface area contributed by atoms with Gasteiger partial charge in [0, 0.05) is 13.0 Å². The second kappa shape index (κ2) is 7.74. The summed E-state index contributed by atoms with van der Waals surface area (Å²) >= 11 is 0. The Balaban J connectivity index is 0.000000321. The molecule has 2 N–H and O–H groups in total. The molecule has 3 rings (SSSR count). The number of aryl methyl sites for hydroxylation is 1. The third-order valence-corrected chi connectivity index (χ3v) is 3.22. The zero-order valence-corrected chi connectivity index (χ0v) is 12.0. The average molecular weight is 260 g/mol. The van der Waals surface area contributed by atoms with Crippen LogP contribution in [0.2, 0.25) is 0 Å². The number of carbonyl (C=O) groups excluding carboxylic acids is 1. The lowest BCUT2D eigenvalue weighted by molar-refractivity contribution is -0.118. The van der Waals surface area contributed by atoms with Gasteiger partial charge in [0.2, 0.25) is 5.91 Å². The van der Waals surface area contributed by atoms with Gasteiger partial charge in [0.05, 0.1) is 5.69 Å². The Morgan fingerprint density at radius 2 is 1.79 bits per heavy atom. The molecule has 3 heteroatoms. The first-order valence-electron chi connectivity index (χ1n) is 6.84. The van der Waals surface area contributed by atoms with Gasteiger partial charge in [0.1, 0.15) is 0 Å². The lowest BCUT2D eigenvalue weighted by Gasteiger charge is -2.16. The van der Waals surface area contributed by atoms with Gasteiger partial charge in [-0.1, -0.05) is 24.3 Å². The highest BCUT2D eigenvalue weighted by molar-refractivity contribution is 5.97. The van der Waals surface area contributed by atoms with Gasteiger partial charge in [-0.25, -0.2) is 0 Å². The van der Waals surface area contributed by atoms with Crippen molar-refractivity contribution in [2.45, 2.75) is 32.6 Å². The van der Waals surface area contributed by atoms with Gasteiger partial charge < -0.3 is 10.6 Å². The summed E-state index contributed by atoms with van der Waals surface area (Å²) in [6, 6.07) is 6.43. The highest BCUT2D eigenvalue weighted by atomic mass is 16.2. The minimum absolute atomic E-state index is 0.314. The normalized spacial score (nSPS) is 15.3. The summed E-state index contributed by atoms with van der Waals surface area (Å²) in [4.78, 5) is 13.8. The molecule has 0 bridgehead atoms. The van der Waals surface area contributed by atoms with Gasteiger partial charge >= 0.3 is 0 Å². The van der Waals surface area contributed by atoms with Crippen molar-refractivity contribution in [3.63, 3.8) is 0 Å². The van der Waals surface area contributed by atoms with Crippen molar-refractivity contribution in [3.8, 4) is 0 Å². The monoisotopic (exact) mass is 260 g/mol. The molecule has 0 aliphatic carbocycles. The molecule has 1 aromatic carbocycles. The summed E-state index contributed by atoms with van der Waals surface area (Å²) in [5, 5.41) is 0. The van der Waals surface area contributed by atoms with Crippen LogP contribution in [0.3, 0.4) is 0 Å². The molecule has 0 fully saturated rings. The quantitative estimate of drug-likeness (QED) is 0.729. The zero-order chi connectivity index (χ0) is 14.3. The fraction of sp³-hybridized carbons (Fsp3) is 0.438. The SMILES string of the molecule is C=CC.CN.O=C1CCCc2cccc3c2N1CC3. The molecule has 0 aromatic heterocycles. The van der Waals surface area contributed by atoms with Gasteiger partial charge in [-0.15, -0.1) is 6.58 Å². The van der Waals surface area contributed by atoms with Crippen LogP contribution in [-0.4, -0.2) is 19.5 Å². The number of benzene rings is 1. The van der Waals surface area contributed by atoms with Crippen molar-refractivity contribution in [2.75, 3.05) is 18.5 Å². The summed E-state index contributed by atoms with van der Waals surface area (Å²) in [6.07, 6.45) is 5.57. The Kier molecular flexibility index (Phi) is 6.30. The van der Waals surface area contributed by atoms with Gasteiger partial charge in [0.25, 0.3) is 0 Å². The van der Waals surface area contributed by atoms with Crippen LogP contribution in [0.25, 0.3) is 0 Å². The third kappa shape index (κ3) is 3.44. The average Bonchev–Trinajstić information content (AvgIpc) is 2.79. The number of carbonyl (C=O) groups is 1. The van der Waals surface area contributed by atoms with Gasteiger partial charge in [-0.3, -0.25) is 4.79 Å². The van der Waals surface area contributed by atoms with Crippen LogP contribution in [0.4, 0.5) is 5.69 Å². The Hall–Kier alpha value is -1.61. The van der Waals surface area contributed by atoms with Crippen molar-refractivity contribution in [1.29, 1.82) is 0 Å². The van der Waals surface area contributed by atoms with Crippen LogP contribution in [0.1, 0.15) is 30.9 Å². The van der Waals surface area contributed by atoms with E-state index in [1.807, 2.05) is 11.8 Å². The summed E-state index contributed by atoms with van der Waals surface area (Å²) in [7, 11) is 1.50. The molecule has 0 saturated heterocycles. The van der Waals surface area contributed by atoms with E-state index in [1.165, 1.54) is 23.9 Å². The highest BCUT2D eigenvalue weighted by Gasteiger charge is 2.28. The molecule has 19 heavy (non-hydrogen) atoms. The van der Waals surface area contributed by atoms with E-state index in [2.05, 4.69) is 30.5 Å². The van der Waals surface area contributed by atoms with Crippen LogP contribution in [-0.2, 0) is 17.6 Å². The maximum absolute atomic E-state index is 11.8. The number of hydrogen-bond acceptors (Lipinski definition) is 2. The molecule has 0 spiro atoms. The molecule has 0 atom stereocenters. The predicted octanol–water partition coefficient (Wildman–Crippen LogP) is 2.68.